The van der Waals surface area contributed by atoms with Gasteiger partial charge in [0.1, 0.15) is 5.75 Å². The van der Waals surface area contributed by atoms with E-state index in [0.29, 0.717) is 30.7 Å². The first-order chi connectivity index (χ1) is 12.8. The number of ether oxygens (including phenoxy) is 1. The Balaban J connectivity index is 1.63. The van der Waals surface area contributed by atoms with E-state index >= 15 is 0 Å². The monoisotopic (exact) mass is 355 g/mol. The van der Waals surface area contributed by atoms with E-state index in [1.165, 1.54) is 0 Å². The van der Waals surface area contributed by atoms with Crippen LogP contribution < -0.4 is 15.4 Å². The first-order valence-electron chi connectivity index (χ1n) is 8.37. The van der Waals surface area contributed by atoms with Crippen LogP contribution in [0.5, 0.6) is 11.8 Å². The lowest BCUT2D eigenvalue weighted by molar-refractivity contribution is 0.310. The van der Waals surface area contributed by atoms with E-state index in [9.17, 15) is 0 Å². The number of benzene rings is 1. The largest absolute Gasteiger partial charge is 0.424 e. The fourth-order valence-electron chi connectivity index (χ4n) is 2.20. The molecule has 3 N–H and O–H groups in total. The number of aromatic nitrogens is 5. The summed E-state index contributed by atoms with van der Waals surface area (Å²) in [5, 5.41) is 15.1. The van der Waals surface area contributed by atoms with Crippen molar-refractivity contribution in [2.24, 2.45) is 0 Å². The maximum atomic E-state index is 8.98. The van der Waals surface area contributed by atoms with Gasteiger partial charge in [-0.2, -0.15) is 15.0 Å². The third kappa shape index (κ3) is 5.42. The van der Waals surface area contributed by atoms with Crippen molar-refractivity contribution in [1.82, 2.24) is 24.5 Å². The lowest BCUT2D eigenvalue weighted by Crippen LogP contribution is -2.13. The topological polar surface area (TPSA) is 110 Å². The van der Waals surface area contributed by atoms with Gasteiger partial charge < -0.3 is 25.0 Å². The molecular formula is C17H21N7O2. The molecule has 0 fully saturated rings. The molecule has 2 heterocycles. The van der Waals surface area contributed by atoms with Gasteiger partial charge in [0.2, 0.25) is 11.9 Å². The molecule has 0 aliphatic carbocycles. The lowest BCUT2D eigenvalue weighted by Gasteiger charge is -2.10. The number of para-hydroxylation sites is 1. The zero-order chi connectivity index (χ0) is 18.0. The predicted octanol–water partition coefficient (Wildman–Crippen LogP) is 1.77. The average Bonchev–Trinajstić information content (AvgIpc) is 3.18. The summed E-state index contributed by atoms with van der Waals surface area (Å²) in [6, 6.07) is 9.48. The van der Waals surface area contributed by atoms with Crippen molar-refractivity contribution in [2.45, 2.75) is 13.0 Å². The van der Waals surface area contributed by atoms with Gasteiger partial charge in [-0.05, 0) is 18.6 Å². The molecule has 1 aromatic carbocycles. The Bertz CT molecular complexity index is 781. The van der Waals surface area contributed by atoms with Crippen LogP contribution in [-0.2, 0) is 6.54 Å². The second-order valence-corrected chi connectivity index (χ2v) is 5.41. The van der Waals surface area contributed by atoms with Crippen LogP contribution in [0.2, 0.25) is 0 Å². The molecule has 136 valence electrons. The van der Waals surface area contributed by atoms with Crippen LogP contribution >= 0.6 is 0 Å². The molecule has 0 amide bonds. The van der Waals surface area contributed by atoms with E-state index < -0.39 is 0 Å². The number of rotatable bonds is 10. The zero-order valence-electron chi connectivity index (χ0n) is 14.2. The van der Waals surface area contributed by atoms with Gasteiger partial charge >= 0.3 is 6.01 Å². The van der Waals surface area contributed by atoms with Crippen LogP contribution in [0.15, 0.2) is 49.1 Å². The molecule has 0 aliphatic heterocycles. The molecule has 0 spiro atoms. The van der Waals surface area contributed by atoms with Crippen LogP contribution in [0.3, 0.4) is 0 Å². The van der Waals surface area contributed by atoms with Gasteiger partial charge in [-0.25, -0.2) is 4.98 Å². The van der Waals surface area contributed by atoms with Crippen molar-refractivity contribution in [2.75, 3.05) is 30.3 Å². The van der Waals surface area contributed by atoms with Crippen molar-refractivity contribution in [3.63, 3.8) is 0 Å². The second-order valence-electron chi connectivity index (χ2n) is 5.41. The minimum Gasteiger partial charge on any atom is -0.424 e. The summed E-state index contributed by atoms with van der Waals surface area (Å²) in [7, 11) is 0. The van der Waals surface area contributed by atoms with E-state index in [1.807, 2.05) is 41.1 Å². The molecule has 0 radical (unpaired) electrons. The molecule has 26 heavy (non-hydrogen) atoms. The number of hydrogen-bond acceptors (Lipinski definition) is 8. The molecule has 0 unspecified atom stereocenters. The van der Waals surface area contributed by atoms with E-state index in [0.717, 1.165) is 13.0 Å². The number of aliphatic hydroxyl groups excluding tert-OH is 1. The molecule has 0 aliphatic rings. The first-order valence-corrected chi connectivity index (χ1v) is 8.37. The van der Waals surface area contributed by atoms with Crippen molar-refractivity contribution in [3.05, 3.63) is 49.1 Å². The maximum absolute atomic E-state index is 8.98. The van der Waals surface area contributed by atoms with Crippen molar-refractivity contribution >= 4 is 11.9 Å². The smallest absolute Gasteiger partial charge is 0.328 e. The fraction of sp³-hybridized carbons (Fsp3) is 0.294. The molecule has 9 nitrogen and oxygen atoms in total. The Morgan fingerprint density at radius 1 is 1.00 bits per heavy atom. The summed E-state index contributed by atoms with van der Waals surface area (Å²) in [5.41, 5.74) is 0. The molecule has 3 aromatic rings. The van der Waals surface area contributed by atoms with Gasteiger partial charge in [-0.1, -0.05) is 18.2 Å². The van der Waals surface area contributed by atoms with Crippen LogP contribution in [0, 0.1) is 0 Å². The quantitative estimate of drug-likeness (QED) is 0.472. The SMILES string of the molecule is OCCNc1nc(NCCCn2ccnc2)nc(Oc2ccccc2)n1. The summed E-state index contributed by atoms with van der Waals surface area (Å²) in [6.07, 6.45) is 6.35. The minimum atomic E-state index is -0.0196. The molecular weight excluding hydrogens is 334 g/mol. The third-order valence-electron chi connectivity index (χ3n) is 3.40. The molecule has 9 heteroatoms. The number of hydrogen-bond donors (Lipinski definition) is 3. The minimum absolute atomic E-state index is 0.0196. The molecule has 3 rings (SSSR count). The van der Waals surface area contributed by atoms with E-state index in [-0.39, 0.29) is 12.6 Å². The van der Waals surface area contributed by atoms with Gasteiger partial charge in [-0.15, -0.1) is 0 Å². The highest BCUT2D eigenvalue weighted by molar-refractivity contribution is 5.37. The van der Waals surface area contributed by atoms with Crippen LogP contribution in [0.25, 0.3) is 0 Å². The van der Waals surface area contributed by atoms with Crippen LogP contribution in [0.4, 0.5) is 11.9 Å². The summed E-state index contributed by atoms with van der Waals surface area (Å²) >= 11 is 0. The molecule has 0 bridgehead atoms. The van der Waals surface area contributed by atoms with Gasteiger partial charge in [0.15, 0.2) is 0 Å². The Morgan fingerprint density at radius 2 is 1.77 bits per heavy atom. The van der Waals surface area contributed by atoms with Crippen molar-refractivity contribution < 1.29 is 9.84 Å². The van der Waals surface area contributed by atoms with Gasteiger partial charge in [-0.3, -0.25) is 0 Å². The maximum Gasteiger partial charge on any atom is 0.328 e. The van der Waals surface area contributed by atoms with Crippen molar-refractivity contribution in [1.29, 1.82) is 0 Å². The normalized spacial score (nSPS) is 10.5. The summed E-state index contributed by atoms with van der Waals surface area (Å²) in [6.45, 7) is 1.86. The Kier molecular flexibility index (Phi) is 6.32. The molecule has 0 saturated carbocycles. The molecule has 0 atom stereocenters. The lowest BCUT2D eigenvalue weighted by atomic mass is 10.3. The van der Waals surface area contributed by atoms with Crippen molar-refractivity contribution in [3.8, 4) is 11.8 Å². The van der Waals surface area contributed by atoms with E-state index in [2.05, 4.69) is 30.6 Å². The predicted molar refractivity (Wildman–Crippen MR) is 97.3 cm³/mol. The Labute approximate surface area is 151 Å². The van der Waals surface area contributed by atoms with E-state index in [1.54, 1.807) is 12.5 Å². The first kappa shape index (κ1) is 17.6. The van der Waals surface area contributed by atoms with Crippen LogP contribution in [-0.4, -0.2) is 49.3 Å². The van der Waals surface area contributed by atoms with Gasteiger partial charge in [0, 0.05) is 32.0 Å². The Morgan fingerprint density at radius 3 is 2.46 bits per heavy atom. The molecule has 0 saturated heterocycles. The van der Waals surface area contributed by atoms with E-state index in [4.69, 9.17) is 9.84 Å². The average molecular weight is 355 g/mol. The van der Waals surface area contributed by atoms with Gasteiger partial charge in [0.25, 0.3) is 0 Å². The molecule has 2 aromatic heterocycles. The number of nitrogens with one attached hydrogen (secondary N) is 2. The van der Waals surface area contributed by atoms with Gasteiger partial charge in [0.05, 0.1) is 12.9 Å². The summed E-state index contributed by atoms with van der Waals surface area (Å²) in [4.78, 5) is 16.8. The van der Waals surface area contributed by atoms with Crippen LogP contribution in [0.1, 0.15) is 6.42 Å². The number of imidazole rings is 1. The number of nitrogens with zero attached hydrogens (tertiary/aromatic N) is 5. The number of aliphatic hydroxyl groups is 1. The standard InChI is InChI=1S/C17H21N7O2/c25-12-9-20-16-21-15(19-7-4-10-24-11-8-18-13-24)22-17(23-16)26-14-5-2-1-3-6-14/h1-3,5-6,8,11,13,25H,4,7,9-10,12H2,(H2,19,20,21,22,23). The highest BCUT2D eigenvalue weighted by Crippen LogP contribution is 2.19. The number of aryl methyl sites for hydroxylation is 1. The Hall–Kier alpha value is -3.20. The highest BCUT2D eigenvalue weighted by atomic mass is 16.5. The zero-order valence-corrected chi connectivity index (χ0v) is 14.2. The second kappa shape index (κ2) is 9.33. The summed E-state index contributed by atoms with van der Waals surface area (Å²) < 4.78 is 7.69. The fourth-order valence-corrected chi connectivity index (χ4v) is 2.20. The number of anilines is 2. The third-order valence-corrected chi connectivity index (χ3v) is 3.40. The highest BCUT2D eigenvalue weighted by Gasteiger charge is 2.08. The summed E-state index contributed by atoms with van der Waals surface area (Å²) in [5.74, 6) is 1.40.